The van der Waals surface area contributed by atoms with Crippen molar-refractivity contribution < 1.29 is 0 Å². The Bertz CT molecular complexity index is 345. The molecule has 0 aliphatic heterocycles. The minimum atomic E-state index is 0.757. The molecule has 2 rings (SSSR count). The van der Waals surface area contributed by atoms with E-state index in [9.17, 15) is 0 Å². The first-order chi connectivity index (χ1) is 6.75. The fourth-order valence-electron chi connectivity index (χ4n) is 2.09. The summed E-state index contributed by atoms with van der Waals surface area (Å²) in [6.07, 6.45) is 8.15. The average molecular weight is 186 g/mol. The smallest absolute Gasteiger partial charge is 0.0227 e. The molecule has 1 aliphatic rings. The summed E-state index contributed by atoms with van der Waals surface area (Å²) in [4.78, 5) is 0. The zero-order valence-corrected chi connectivity index (χ0v) is 9.09. The topological polar surface area (TPSA) is 0 Å². The van der Waals surface area contributed by atoms with Crippen molar-refractivity contribution in [3.63, 3.8) is 0 Å². The predicted molar refractivity (Wildman–Crippen MR) is 62.3 cm³/mol. The summed E-state index contributed by atoms with van der Waals surface area (Å²) >= 11 is 0. The Morgan fingerprint density at radius 2 is 2.14 bits per heavy atom. The number of benzene rings is 1. The number of aryl methyl sites for hydroxylation is 1. The lowest BCUT2D eigenvalue weighted by molar-refractivity contribution is 0.646. The van der Waals surface area contributed by atoms with Crippen LogP contribution < -0.4 is 0 Å². The van der Waals surface area contributed by atoms with Gasteiger partial charge in [-0.25, -0.2) is 0 Å². The molecular formula is C14H18. The van der Waals surface area contributed by atoms with Crippen LogP contribution in [0.1, 0.15) is 37.0 Å². The van der Waals surface area contributed by atoms with Crippen molar-refractivity contribution >= 4 is 6.08 Å². The first-order valence-electron chi connectivity index (χ1n) is 5.54. The van der Waals surface area contributed by atoms with Crippen molar-refractivity contribution in [3.05, 3.63) is 41.0 Å². The second-order valence-corrected chi connectivity index (χ2v) is 4.57. The largest absolute Gasteiger partial charge is 0.0836 e. The van der Waals surface area contributed by atoms with Crippen LogP contribution in [0.5, 0.6) is 0 Å². The second-order valence-electron chi connectivity index (χ2n) is 4.57. The van der Waals surface area contributed by atoms with Gasteiger partial charge in [0.1, 0.15) is 0 Å². The van der Waals surface area contributed by atoms with Gasteiger partial charge < -0.3 is 0 Å². The van der Waals surface area contributed by atoms with Crippen molar-refractivity contribution in [2.45, 2.75) is 33.1 Å². The van der Waals surface area contributed by atoms with Gasteiger partial charge in [-0.15, -0.1) is 0 Å². The Kier molecular flexibility index (Phi) is 2.72. The molecule has 0 aromatic heterocycles. The van der Waals surface area contributed by atoms with E-state index in [4.69, 9.17) is 0 Å². The lowest BCUT2D eigenvalue weighted by atomic mass is 9.93. The molecule has 74 valence electrons. The fraction of sp³-hybridized carbons (Fsp3) is 0.429. The third-order valence-electron chi connectivity index (χ3n) is 2.73. The maximum atomic E-state index is 2.39. The molecule has 0 N–H and O–H groups in total. The zero-order chi connectivity index (χ0) is 9.97. The van der Waals surface area contributed by atoms with Crippen LogP contribution in [0.2, 0.25) is 0 Å². The lowest BCUT2D eigenvalue weighted by Gasteiger charge is -2.13. The van der Waals surface area contributed by atoms with Crippen LogP contribution in [0.4, 0.5) is 0 Å². The second kappa shape index (κ2) is 4.00. The lowest BCUT2D eigenvalue weighted by Crippen LogP contribution is -1.99. The SMILES string of the molecule is CC(C)Cc1ccc2c(c1)CCC=C2. The summed E-state index contributed by atoms with van der Waals surface area (Å²) < 4.78 is 0. The van der Waals surface area contributed by atoms with Crippen LogP contribution in [-0.4, -0.2) is 0 Å². The van der Waals surface area contributed by atoms with Gasteiger partial charge in [0, 0.05) is 0 Å². The fourth-order valence-corrected chi connectivity index (χ4v) is 2.09. The summed E-state index contributed by atoms with van der Waals surface area (Å²) in [7, 11) is 0. The van der Waals surface area contributed by atoms with Crippen LogP contribution in [0, 0.1) is 5.92 Å². The molecule has 0 spiro atoms. The molecular weight excluding hydrogens is 168 g/mol. The minimum Gasteiger partial charge on any atom is -0.0836 e. The molecule has 0 saturated heterocycles. The normalized spacial score (nSPS) is 14.5. The van der Waals surface area contributed by atoms with E-state index in [1.807, 2.05) is 0 Å². The van der Waals surface area contributed by atoms with Gasteiger partial charge in [-0.05, 0) is 41.9 Å². The Hall–Kier alpha value is -1.04. The number of hydrogen-bond acceptors (Lipinski definition) is 0. The van der Waals surface area contributed by atoms with Gasteiger partial charge in [0.25, 0.3) is 0 Å². The van der Waals surface area contributed by atoms with E-state index in [2.05, 4.69) is 44.2 Å². The van der Waals surface area contributed by atoms with Crippen molar-refractivity contribution in [2.24, 2.45) is 5.92 Å². The number of rotatable bonds is 2. The van der Waals surface area contributed by atoms with Crippen LogP contribution >= 0.6 is 0 Å². The van der Waals surface area contributed by atoms with Crippen LogP contribution in [0.3, 0.4) is 0 Å². The standard InChI is InChI=1S/C14H18/c1-11(2)9-12-7-8-13-5-3-4-6-14(13)10-12/h3,5,7-8,10-11H,4,6,9H2,1-2H3. The Balaban J connectivity index is 2.25. The number of hydrogen-bond donors (Lipinski definition) is 0. The molecule has 14 heavy (non-hydrogen) atoms. The van der Waals surface area contributed by atoms with Gasteiger partial charge in [-0.3, -0.25) is 0 Å². The molecule has 0 nitrogen and oxygen atoms in total. The highest BCUT2D eigenvalue weighted by atomic mass is 14.1. The van der Waals surface area contributed by atoms with E-state index in [1.54, 1.807) is 0 Å². The molecule has 0 atom stereocenters. The van der Waals surface area contributed by atoms with Crippen molar-refractivity contribution in [1.82, 2.24) is 0 Å². The summed E-state index contributed by atoms with van der Waals surface area (Å²) in [5.41, 5.74) is 4.45. The first kappa shape index (κ1) is 9.51. The maximum Gasteiger partial charge on any atom is -0.0227 e. The summed E-state index contributed by atoms with van der Waals surface area (Å²) in [6, 6.07) is 6.93. The Labute approximate surface area is 86.7 Å². The van der Waals surface area contributed by atoms with Gasteiger partial charge in [0.15, 0.2) is 0 Å². The molecule has 1 aromatic carbocycles. The van der Waals surface area contributed by atoms with Crippen LogP contribution in [-0.2, 0) is 12.8 Å². The zero-order valence-electron chi connectivity index (χ0n) is 9.09. The molecule has 0 heterocycles. The Morgan fingerprint density at radius 3 is 2.93 bits per heavy atom. The average Bonchev–Trinajstić information content (AvgIpc) is 2.17. The Morgan fingerprint density at radius 1 is 1.29 bits per heavy atom. The number of fused-ring (bicyclic) bond motifs is 1. The van der Waals surface area contributed by atoms with Crippen molar-refractivity contribution in [3.8, 4) is 0 Å². The molecule has 0 saturated carbocycles. The highest BCUT2D eigenvalue weighted by Gasteiger charge is 2.05. The highest BCUT2D eigenvalue weighted by Crippen LogP contribution is 2.21. The van der Waals surface area contributed by atoms with Gasteiger partial charge in [-0.2, -0.15) is 0 Å². The van der Waals surface area contributed by atoms with Gasteiger partial charge >= 0.3 is 0 Å². The van der Waals surface area contributed by atoms with E-state index in [0.717, 1.165) is 5.92 Å². The van der Waals surface area contributed by atoms with E-state index < -0.39 is 0 Å². The molecule has 0 amide bonds. The van der Waals surface area contributed by atoms with E-state index >= 15 is 0 Å². The van der Waals surface area contributed by atoms with Gasteiger partial charge in [0.2, 0.25) is 0 Å². The summed E-state index contributed by atoms with van der Waals surface area (Å²) in [5.74, 6) is 0.757. The van der Waals surface area contributed by atoms with Gasteiger partial charge in [-0.1, -0.05) is 44.2 Å². The predicted octanol–water partition coefficient (Wildman–Crippen LogP) is 3.84. The quantitative estimate of drug-likeness (QED) is 0.658. The van der Waals surface area contributed by atoms with E-state index in [-0.39, 0.29) is 0 Å². The number of allylic oxidation sites excluding steroid dienone is 1. The van der Waals surface area contributed by atoms with Crippen molar-refractivity contribution in [1.29, 1.82) is 0 Å². The van der Waals surface area contributed by atoms with Gasteiger partial charge in [0.05, 0.1) is 0 Å². The molecule has 0 heteroatoms. The molecule has 0 fully saturated rings. The van der Waals surface area contributed by atoms with Crippen molar-refractivity contribution in [2.75, 3.05) is 0 Å². The maximum absolute atomic E-state index is 2.39. The van der Waals surface area contributed by atoms with E-state index in [1.165, 1.54) is 36.0 Å². The molecule has 0 bridgehead atoms. The molecule has 1 aliphatic carbocycles. The van der Waals surface area contributed by atoms with Crippen LogP contribution in [0.15, 0.2) is 24.3 Å². The first-order valence-corrected chi connectivity index (χ1v) is 5.54. The molecule has 0 radical (unpaired) electrons. The molecule has 0 unspecified atom stereocenters. The third-order valence-corrected chi connectivity index (χ3v) is 2.73. The van der Waals surface area contributed by atoms with E-state index in [0.29, 0.717) is 0 Å². The summed E-state index contributed by atoms with van der Waals surface area (Å²) in [6.45, 7) is 4.55. The minimum absolute atomic E-state index is 0.757. The van der Waals surface area contributed by atoms with Crippen LogP contribution in [0.25, 0.3) is 6.08 Å². The molecule has 1 aromatic rings. The third kappa shape index (κ3) is 2.06. The summed E-state index contributed by atoms with van der Waals surface area (Å²) in [5, 5.41) is 0. The monoisotopic (exact) mass is 186 g/mol. The highest BCUT2D eigenvalue weighted by molar-refractivity contribution is 5.57.